The first-order valence-corrected chi connectivity index (χ1v) is 7.62. The molecule has 0 fully saturated rings. The maximum absolute atomic E-state index is 11.5. The quantitative estimate of drug-likeness (QED) is 0.783. The van der Waals surface area contributed by atoms with Gasteiger partial charge in [-0.25, -0.2) is 13.2 Å². The van der Waals surface area contributed by atoms with Crippen molar-refractivity contribution in [1.29, 1.82) is 0 Å². The van der Waals surface area contributed by atoms with Crippen LogP contribution in [0.4, 0.5) is 6.01 Å². The Bertz CT molecular complexity index is 547. The van der Waals surface area contributed by atoms with E-state index in [4.69, 9.17) is 9.15 Å². The van der Waals surface area contributed by atoms with Crippen molar-refractivity contribution < 1.29 is 22.4 Å². The van der Waals surface area contributed by atoms with Gasteiger partial charge >= 0.3 is 5.97 Å². The molecule has 19 heavy (non-hydrogen) atoms. The number of nitrogens with zero attached hydrogens (tertiary/aromatic N) is 1. The molecule has 1 heterocycles. The highest BCUT2D eigenvalue weighted by atomic mass is 32.2. The van der Waals surface area contributed by atoms with E-state index in [-0.39, 0.29) is 24.9 Å². The molecule has 0 aliphatic rings. The second-order valence-electron chi connectivity index (χ2n) is 4.64. The van der Waals surface area contributed by atoms with Crippen LogP contribution in [-0.2, 0) is 14.6 Å². The fourth-order valence-corrected chi connectivity index (χ4v) is 1.41. The van der Waals surface area contributed by atoms with E-state index in [2.05, 4.69) is 10.3 Å². The molecule has 0 aliphatic carbocycles. The highest BCUT2D eigenvalue weighted by molar-refractivity contribution is 7.92. The van der Waals surface area contributed by atoms with Gasteiger partial charge in [-0.3, -0.25) is 0 Å². The van der Waals surface area contributed by atoms with Gasteiger partial charge in [0.2, 0.25) is 0 Å². The lowest BCUT2D eigenvalue weighted by atomic mass is 10.2. The molecule has 0 saturated heterocycles. The molecular weight excluding hydrogens is 272 g/mol. The Labute approximate surface area is 112 Å². The van der Waals surface area contributed by atoms with Crippen molar-refractivity contribution in [3.8, 4) is 0 Å². The van der Waals surface area contributed by atoms with Crippen LogP contribution in [-0.4, -0.2) is 43.5 Å². The summed E-state index contributed by atoms with van der Waals surface area (Å²) in [5.74, 6) is -0.582. The number of carbonyl (C=O) groups excluding carboxylic acids is 1. The van der Waals surface area contributed by atoms with Crippen LogP contribution in [0.1, 0.15) is 31.3 Å². The predicted octanol–water partition coefficient (Wildman–Crippen LogP) is 1.09. The van der Waals surface area contributed by atoms with E-state index >= 15 is 0 Å². The minimum atomic E-state index is -3.21. The molecule has 0 radical (unpaired) electrons. The Balaban J connectivity index is 2.68. The maximum Gasteiger partial charge on any atom is 0.360 e. The van der Waals surface area contributed by atoms with Gasteiger partial charge in [0.25, 0.3) is 6.01 Å². The van der Waals surface area contributed by atoms with Gasteiger partial charge in [0, 0.05) is 12.8 Å². The largest absolute Gasteiger partial charge is 0.461 e. The lowest BCUT2D eigenvalue weighted by Crippen LogP contribution is -2.38. The van der Waals surface area contributed by atoms with Crippen molar-refractivity contribution in [2.24, 2.45) is 0 Å². The zero-order valence-electron chi connectivity index (χ0n) is 11.4. The smallest absolute Gasteiger partial charge is 0.360 e. The summed E-state index contributed by atoms with van der Waals surface area (Å²) >= 11 is 0. The number of ether oxygens (including phenoxy) is 1. The van der Waals surface area contributed by atoms with E-state index in [1.807, 2.05) is 0 Å². The van der Waals surface area contributed by atoms with Gasteiger partial charge in [0.1, 0.15) is 6.26 Å². The van der Waals surface area contributed by atoms with Gasteiger partial charge in [0.05, 0.1) is 11.4 Å². The first-order valence-electron chi connectivity index (χ1n) is 5.73. The summed E-state index contributed by atoms with van der Waals surface area (Å²) in [6.45, 7) is 5.23. The molecule has 0 atom stereocenters. The Morgan fingerprint density at radius 2 is 2.16 bits per heavy atom. The summed E-state index contributed by atoms with van der Waals surface area (Å²) in [6, 6.07) is 0.0831. The second-order valence-corrected chi connectivity index (χ2v) is 7.29. The Morgan fingerprint density at radius 1 is 1.53 bits per heavy atom. The van der Waals surface area contributed by atoms with Crippen LogP contribution in [0.2, 0.25) is 0 Å². The third kappa shape index (κ3) is 3.95. The summed E-state index contributed by atoms with van der Waals surface area (Å²) in [6.07, 6.45) is 2.32. The number of oxazole rings is 1. The summed E-state index contributed by atoms with van der Waals surface area (Å²) in [4.78, 5) is 15.2. The summed E-state index contributed by atoms with van der Waals surface area (Å²) < 4.78 is 31.8. The Kier molecular flexibility index (Phi) is 4.56. The standard InChI is InChI=1S/C11H18N2O5S/c1-5-17-9(14)8-6-18-10(13-8)12-7-11(2,3)19(4,15)16/h6H,5,7H2,1-4H3,(H,12,13). The molecule has 0 saturated carbocycles. The van der Waals surface area contributed by atoms with Crippen molar-refractivity contribution in [2.75, 3.05) is 24.7 Å². The third-order valence-electron chi connectivity index (χ3n) is 2.66. The van der Waals surface area contributed by atoms with Crippen molar-refractivity contribution in [3.05, 3.63) is 12.0 Å². The highest BCUT2D eigenvalue weighted by Crippen LogP contribution is 2.17. The second kappa shape index (κ2) is 5.60. The molecule has 108 valence electrons. The van der Waals surface area contributed by atoms with Gasteiger partial charge in [-0.15, -0.1) is 0 Å². The summed E-state index contributed by atoms with van der Waals surface area (Å²) in [5.41, 5.74) is 0.0431. The summed E-state index contributed by atoms with van der Waals surface area (Å²) in [5, 5.41) is 2.74. The van der Waals surface area contributed by atoms with Crippen LogP contribution < -0.4 is 5.32 Å². The molecule has 8 heteroatoms. The average Bonchev–Trinajstić information content (AvgIpc) is 2.74. The molecule has 1 aromatic heterocycles. The van der Waals surface area contributed by atoms with Crippen LogP contribution in [0.3, 0.4) is 0 Å². The molecule has 0 amide bonds. The zero-order chi connectivity index (χ0) is 14.7. The maximum atomic E-state index is 11.5. The zero-order valence-corrected chi connectivity index (χ0v) is 12.2. The average molecular weight is 290 g/mol. The fourth-order valence-electron chi connectivity index (χ4n) is 1.07. The minimum Gasteiger partial charge on any atom is -0.461 e. The molecule has 0 aliphatic heterocycles. The monoisotopic (exact) mass is 290 g/mol. The molecule has 0 unspecified atom stereocenters. The van der Waals surface area contributed by atoms with Crippen molar-refractivity contribution in [1.82, 2.24) is 4.98 Å². The SMILES string of the molecule is CCOC(=O)c1coc(NCC(C)(C)S(C)(=O)=O)n1. The number of anilines is 1. The lowest BCUT2D eigenvalue weighted by Gasteiger charge is -2.21. The highest BCUT2D eigenvalue weighted by Gasteiger charge is 2.30. The van der Waals surface area contributed by atoms with E-state index < -0.39 is 20.6 Å². The molecule has 0 aromatic carbocycles. The third-order valence-corrected chi connectivity index (χ3v) is 4.81. The molecule has 1 N–H and O–H groups in total. The molecule has 0 spiro atoms. The Morgan fingerprint density at radius 3 is 2.68 bits per heavy atom. The first kappa shape index (κ1) is 15.5. The van der Waals surface area contributed by atoms with Crippen molar-refractivity contribution in [2.45, 2.75) is 25.5 Å². The van der Waals surface area contributed by atoms with Gasteiger partial charge in [0.15, 0.2) is 15.5 Å². The summed E-state index contributed by atoms with van der Waals surface area (Å²) in [7, 11) is -3.21. The van der Waals surface area contributed by atoms with Gasteiger partial charge < -0.3 is 14.5 Å². The van der Waals surface area contributed by atoms with Crippen LogP contribution in [0, 0.1) is 0 Å². The van der Waals surface area contributed by atoms with Gasteiger partial charge in [-0.1, -0.05) is 0 Å². The molecule has 1 rings (SSSR count). The molecular formula is C11H18N2O5S. The number of esters is 1. The van der Waals surface area contributed by atoms with E-state index in [1.165, 1.54) is 0 Å². The number of hydrogen-bond donors (Lipinski definition) is 1. The van der Waals surface area contributed by atoms with Crippen LogP contribution in [0.25, 0.3) is 0 Å². The lowest BCUT2D eigenvalue weighted by molar-refractivity contribution is 0.0519. The van der Waals surface area contributed by atoms with Crippen LogP contribution in [0.15, 0.2) is 10.7 Å². The van der Waals surface area contributed by atoms with E-state index in [9.17, 15) is 13.2 Å². The number of nitrogens with one attached hydrogen (secondary N) is 1. The van der Waals surface area contributed by atoms with E-state index in [1.54, 1.807) is 20.8 Å². The minimum absolute atomic E-state index is 0.0431. The molecule has 7 nitrogen and oxygen atoms in total. The number of aromatic nitrogens is 1. The van der Waals surface area contributed by atoms with E-state index in [0.717, 1.165) is 12.5 Å². The van der Waals surface area contributed by atoms with Gasteiger partial charge in [-0.2, -0.15) is 4.98 Å². The fraction of sp³-hybridized carbons (Fsp3) is 0.636. The van der Waals surface area contributed by atoms with Crippen molar-refractivity contribution >= 4 is 21.8 Å². The number of carbonyl (C=O) groups is 1. The number of rotatable bonds is 6. The van der Waals surface area contributed by atoms with Crippen molar-refractivity contribution in [3.63, 3.8) is 0 Å². The molecule has 1 aromatic rings. The van der Waals surface area contributed by atoms with Crippen LogP contribution in [0.5, 0.6) is 0 Å². The molecule has 0 bridgehead atoms. The van der Waals surface area contributed by atoms with Gasteiger partial charge in [-0.05, 0) is 20.8 Å². The van der Waals surface area contributed by atoms with Crippen LogP contribution >= 0.6 is 0 Å². The predicted molar refractivity (Wildman–Crippen MR) is 69.9 cm³/mol. The number of sulfone groups is 1. The topological polar surface area (TPSA) is 98.5 Å². The first-order chi connectivity index (χ1) is 8.67. The number of hydrogen-bond acceptors (Lipinski definition) is 7. The van der Waals surface area contributed by atoms with E-state index in [0.29, 0.717) is 0 Å². The Hall–Kier alpha value is -1.57. The normalized spacial score (nSPS) is 12.2.